The van der Waals surface area contributed by atoms with Crippen LogP contribution in [0.4, 0.5) is 0 Å². The van der Waals surface area contributed by atoms with Gasteiger partial charge in [0.15, 0.2) is 5.03 Å². The molecule has 0 aliphatic carbocycles. The van der Waals surface area contributed by atoms with Crippen LogP contribution in [-0.2, 0) is 16.6 Å². The topological polar surface area (TPSA) is 78.1 Å². The molecule has 0 aromatic carbocycles. The summed E-state index contributed by atoms with van der Waals surface area (Å²) in [6.45, 7) is 7.44. The predicted octanol–water partition coefficient (Wildman–Crippen LogP) is 1.86. The Balaban J connectivity index is 2.25. The van der Waals surface area contributed by atoms with Crippen LogP contribution in [0.25, 0.3) is 0 Å². The molecular formula is C14H26N4O2S. The lowest BCUT2D eigenvalue weighted by Crippen LogP contribution is -2.47. The second-order valence-corrected chi connectivity index (χ2v) is 7.65. The molecule has 2 N–H and O–H groups in total. The highest BCUT2D eigenvalue weighted by Crippen LogP contribution is 2.29. The van der Waals surface area contributed by atoms with Gasteiger partial charge in [-0.15, -0.1) is 0 Å². The van der Waals surface area contributed by atoms with E-state index in [0.717, 1.165) is 32.2 Å². The summed E-state index contributed by atoms with van der Waals surface area (Å²) in [5.41, 5.74) is 0.716. The van der Waals surface area contributed by atoms with Crippen molar-refractivity contribution in [3.63, 3.8) is 0 Å². The van der Waals surface area contributed by atoms with Gasteiger partial charge in [0, 0.05) is 24.2 Å². The molecule has 1 aromatic heterocycles. The van der Waals surface area contributed by atoms with Crippen LogP contribution in [0.15, 0.2) is 11.2 Å². The fraction of sp³-hybridized carbons (Fsp3) is 0.786. The summed E-state index contributed by atoms with van der Waals surface area (Å²) in [6, 6.07) is 0.0806. The Labute approximate surface area is 127 Å². The maximum absolute atomic E-state index is 12.9. The molecule has 2 heterocycles. The van der Waals surface area contributed by atoms with Crippen LogP contribution in [0.2, 0.25) is 0 Å². The van der Waals surface area contributed by atoms with Gasteiger partial charge in [0.25, 0.3) is 10.0 Å². The molecule has 1 aromatic rings. The van der Waals surface area contributed by atoms with E-state index in [0.29, 0.717) is 12.1 Å². The van der Waals surface area contributed by atoms with E-state index in [1.54, 1.807) is 10.5 Å². The van der Waals surface area contributed by atoms with Gasteiger partial charge in [-0.05, 0) is 39.7 Å². The molecule has 2 unspecified atom stereocenters. The summed E-state index contributed by atoms with van der Waals surface area (Å²) in [6.07, 6.45) is 5.54. The molecule has 0 radical (unpaired) electrons. The van der Waals surface area contributed by atoms with Gasteiger partial charge in [-0.25, -0.2) is 8.42 Å². The second kappa shape index (κ2) is 6.89. The smallest absolute Gasteiger partial charge is 0.260 e. The van der Waals surface area contributed by atoms with E-state index in [1.807, 2.05) is 13.8 Å². The van der Waals surface area contributed by atoms with Gasteiger partial charge in [-0.3, -0.25) is 5.10 Å². The van der Waals surface area contributed by atoms with E-state index < -0.39 is 10.0 Å². The lowest BCUT2D eigenvalue weighted by molar-refractivity contribution is 0.203. The highest BCUT2D eigenvalue weighted by atomic mass is 32.2. The van der Waals surface area contributed by atoms with Crippen molar-refractivity contribution < 1.29 is 8.42 Å². The van der Waals surface area contributed by atoms with Crippen LogP contribution in [-0.4, -0.2) is 41.5 Å². The van der Waals surface area contributed by atoms with Crippen molar-refractivity contribution in [2.75, 3.05) is 6.54 Å². The number of H-pyrrole nitrogens is 1. The Morgan fingerprint density at radius 3 is 2.67 bits per heavy atom. The quantitative estimate of drug-likeness (QED) is 0.786. The Hall–Kier alpha value is -0.920. The van der Waals surface area contributed by atoms with Gasteiger partial charge < -0.3 is 5.32 Å². The Bertz CT molecular complexity index is 545. The molecule has 21 heavy (non-hydrogen) atoms. The van der Waals surface area contributed by atoms with Crippen LogP contribution >= 0.6 is 0 Å². The predicted molar refractivity (Wildman–Crippen MR) is 82.4 cm³/mol. The average Bonchev–Trinajstić information content (AvgIpc) is 2.88. The van der Waals surface area contributed by atoms with E-state index in [2.05, 4.69) is 22.4 Å². The van der Waals surface area contributed by atoms with E-state index in [9.17, 15) is 8.42 Å². The summed E-state index contributed by atoms with van der Waals surface area (Å²) in [4.78, 5) is 0. The number of nitrogens with one attached hydrogen (secondary N) is 2. The zero-order chi connectivity index (χ0) is 15.5. The van der Waals surface area contributed by atoms with Crippen molar-refractivity contribution in [2.45, 2.75) is 70.1 Å². The summed E-state index contributed by atoms with van der Waals surface area (Å²) >= 11 is 0. The number of piperidine rings is 1. The molecule has 1 aliphatic heterocycles. The molecule has 0 saturated carbocycles. The monoisotopic (exact) mass is 314 g/mol. The fourth-order valence-electron chi connectivity index (χ4n) is 3.03. The van der Waals surface area contributed by atoms with Gasteiger partial charge in [0.1, 0.15) is 0 Å². The van der Waals surface area contributed by atoms with Crippen molar-refractivity contribution in [1.82, 2.24) is 19.8 Å². The Morgan fingerprint density at radius 1 is 1.38 bits per heavy atom. The fourth-order valence-corrected chi connectivity index (χ4v) is 5.02. The SMILES string of the molecule is CCCNCc1cn[nH]c1S(=O)(=O)N1C(C)CCCC1C. The Morgan fingerprint density at radius 2 is 2.05 bits per heavy atom. The lowest BCUT2D eigenvalue weighted by Gasteiger charge is -2.37. The molecule has 2 rings (SSSR count). The first-order chi connectivity index (χ1) is 9.98. The number of nitrogens with zero attached hydrogens (tertiary/aromatic N) is 2. The molecule has 1 aliphatic rings. The third-order valence-electron chi connectivity index (χ3n) is 4.07. The molecule has 7 heteroatoms. The maximum Gasteiger partial charge on any atom is 0.260 e. The first-order valence-electron chi connectivity index (χ1n) is 7.75. The maximum atomic E-state index is 12.9. The normalized spacial score (nSPS) is 24.3. The number of hydrogen-bond donors (Lipinski definition) is 2. The number of sulfonamides is 1. The van der Waals surface area contributed by atoms with Crippen LogP contribution in [0, 0.1) is 0 Å². The zero-order valence-electron chi connectivity index (χ0n) is 13.1. The molecule has 0 amide bonds. The first kappa shape index (κ1) is 16.5. The van der Waals surface area contributed by atoms with Crippen molar-refractivity contribution in [1.29, 1.82) is 0 Å². The number of rotatable bonds is 6. The zero-order valence-corrected chi connectivity index (χ0v) is 13.9. The van der Waals surface area contributed by atoms with Crippen molar-refractivity contribution in [2.24, 2.45) is 0 Å². The van der Waals surface area contributed by atoms with Crippen molar-refractivity contribution in [3.05, 3.63) is 11.8 Å². The highest BCUT2D eigenvalue weighted by molar-refractivity contribution is 7.89. The average molecular weight is 314 g/mol. The van der Waals surface area contributed by atoms with E-state index in [-0.39, 0.29) is 17.1 Å². The van der Waals surface area contributed by atoms with Gasteiger partial charge in [-0.1, -0.05) is 13.3 Å². The first-order valence-corrected chi connectivity index (χ1v) is 9.19. The molecule has 6 nitrogen and oxygen atoms in total. The van der Waals surface area contributed by atoms with Crippen molar-refractivity contribution >= 4 is 10.0 Å². The third kappa shape index (κ3) is 3.46. The molecule has 0 spiro atoms. The highest BCUT2D eigenvalue weighted by Gasteiger charge is 2.37. The lowest BCUT2D eigenvalue weighted by atomic mass is 10.0. The number of aromatic amines is 1. The van der Waals surface area contributed by atoms with Crippen LogP contribution in [0.5, 0.6) is 0 Å². The Kier molecular flexibility index (Phi) is 5.40. The van der Waals surface area contributed by atoms with Gasteiger partial charge in [0.05, 0.1) is 6.20 Å². The molecule has 0 bridgehead atoms. The van der Waals surface area contributed by atoms with E-state index >= 15 is 0 Å². The van der Waals surface area contributed by atoms with Crippen LogP contribution < -0.4 is 5.32 Å². The molecule has 1 fully saturated rings. The second-order valence-electron chi connectivity index (χ2n) is 5.87. The van der Waals surface area contributed by atoms with E-state index in [1.165, 1.54) is 0 Å². The molecule has 120 valence electrons. The van der Waals surface area contributed by atoms with Crippen LogP contribution in [0.1, 0.15) is 52.0 Å². The molecule has 1 saturated heterocycles. The number of aromatic nitrogens is 2. The minimum Gasteiger partial charge on any atom is -0.313 e. The largest absolute Gasteiger partial charge is 0.313 e. The van der Waals surface area contributed by atoms with E-state index in [4.69, 9.17) is 0 Å². The van der Waals surface area contributed by atoms with Crippen molar-refractivity contribution in [3.8, 4) is 0 Å². The van der Waals surface area contributed by atoms with Gasteiger partial charge >= 0.3 is 0 Å². The third-order valence-corrected chi connectivity index (χ3v) is 6.21. The summed E-state index contributed by atoms with van der Waals surface area (Å²) in [5.74, 6) is 0. The molecule has 2 atom stereocenters. The number of hydrogen-bond acceptors (Lipinski definition) is 4. The summed E-state index contributed by atoms with van der Waals surface area (Å²) < 4.78 is 27.5. The minimum absolute atomic E-state index is 0.0403. The van der Waals surface area contributed by atoms with Gasteiger partial charge in [-0.2, -0.15) is 9.40 Å². The summed E-state index contributed by atoms with van der Waals surface area (Å²) in [5, 5.41) is 10.1. The summed E-state index contributed by atoms with van der Waals surface area (Å²) in [7, 11) is -3.51. The van der Waals surface area contributed by atoms with Crippen LogP contribution in [0.3, 0.4) is 0 Å². The molecular weight excluding hydrogens is 288 g/mol. The minimum atomic E-state index is -3.51. The van der Waals surface area contributed by atoms with Gasteiger partial charge in [0.2, 0.25) is 0 Å². The standard InChI is InChI=1S/C14H26N4O2S/c1-4-8-15-9-13-10-16-17-14(13)21(19,20)18-11(2)6-5-7-12(18)3/h10-12,15H,4-9H2,1-3H3,(H,16,17).